The van der Waals surface area contributed by atoms with Gasteiger partial charge in [0.05, 0.1) is 0 Å². The van der Waals surface area contributed by atoms with Crippen LogP contribution < -0.4 is 5.32 Å². The molecule has 1 aromatic carbocycles. The Labute approximate surface area is 84.6 Å². The SMILES string of the molecule is C=CC(=O)NC[C@H](C)c1ccccc1. The van der Waals surface area contributed by atoms with Crippen LogP contribution in [0.15, 0.2) is 43.0 Å². The zero-order valence-electron chi connectivity index (χ0n) is 8.36. The third-order valence-electron chi connectivity index (χ3n) is 2.14. The molecule has 1 N–H and O–H groups in total. The van der Waals surface area contributed by atoms with E-state index >= 15 is 0 Å². The minimum Gasteiger partial charge on any atom is -0.352 e. The molecule has 2 nitrogen and oxygen atoms in total. The summed E-state index contributed by atoms with van der Waals surface area (Å²) in [6.07, 6.45) is 1.29. The highest BCUT2D eigenvalue weighted by Gasteiger charge is 2.04. The Kier molecular flexibility index (Phi) is 3.92. The molecule has 0 aliphatic heterocycles. The van der Waals surface area contributed by atoms with Crippen molar-refractivity contribution in [2.45, 2.75) is 12.8 Å². The molecule has 0 fully saturated rings. The summed E-state index contributed by atoms with van der Waals surface area (Å²) in [4.78, 5) is 10.9. The van der Waals surface area contributed by atoms with Crippen LogP contribution in [0.5, 0.6) is 0 Å². The first-order valence-corrected chi connectivity index (χ1v) is 4.69. The highest BCUT2D eigenvalue weighted by molar-refractivity contribution is 5.86. The van der Waals surface area contributed by atoms with E-state index < -0.39 is 0 Å². The Morgan fingerprint density at radius 3 is 2.71 bits per heavy atom. The maximum absolute atomic E-state index is 10.9. The summed E-state index contributed by atoms with van der Waals surface area (Å²) in [6.45, 7) is 6.13. The second kappa shape index (κ2) is 5.22. The first kappa shape index (κ1) is 10.5. The van der Waals surface area contributed by atoms with Gasteiger partial charge in [0, 0.05) is 6.54 Å². The van der Waals surface area contributed by atoms with Gasteiger partial charge in [0.1, 0.15) is 0 Å². The summed E-state index contributed by atoms with van der Waals surface area (Å²) in [5, 5.41) is 2.77. The fraction of sp³-hybridized carbons (Fsp3) is 0.250. The van der Waals surface area contributed by atoms with Crippen LogP contribution in [0.25, 0.3) is 0 Å². The molecule has 2 heteroatoms. The van der Waals surface area contributed by atoms with Gasteiger partial charge in [-0.1, -0.05) is 43.8 Å². The van der Waals surface area contributed by atoms with Crippen LogP contribution in [0.3, 0.4) is 0 Å². The number of nitrogens with one attached hydrogen (secondary N) is 1. The summed E-state index contributed by atoms with van der Waals surface area (Å²) < 4.78 is 0. The van der Waals surface area contributed by atoms with Crippen molar-refractivity contribution in [1.29, 1.82) is 0 Å². The van der Waals surface area contributed by atoms with Crippen molar-refractivity contribution in [1.82, 2.24) is 5.32 Å². The molecule has 0 unspecified atom stereocenters. The van der Waals surface area contributed by atoms with Crippen molar-refractivity contribution in [2.24, 2.45) is 0 Å². The molecule has 0 aromatic heterocycles. The second-order valence-corrected chi connectivity index (χ2v) is 3.26. The zero-order valence-corrected chi connectivity index (χ0v) is 8.36. The van der Waals surface area contributed by atoms with E-state index in [9.17, 15) is 4.79 Å². The fourth-order valence-corrected chi connectivity index (χ4v) is 1.23. The van der Waals surface area contributed by atoms with Crippen molar-refractivity contribution in [3.8, 4) is 0 Å². The van der Waals surface area contributed by atoms with Crippen LogP contribution in [0.1, 0.15) is 18.4 Å². The Morgan fingerprint density at radius 2 is 2.14 bits per heavy atom. The molecule has 1 atom stereocenters. The van der Waals surface area contributed by atoms with Crippen LogP contribution in [0.4, 0.5) is 0 Å². The Bertz CT molecular complexity index is 305. The van der Waals surface area contributed by atoms with Crippen LogP contribution in [0.2, 0.25) is 0 Å². The van der Waals surface area contributed by atoms with Gasteiger partial charge in [0.2, 0.25) is 5.91 Å². The summed E-state index contributed by atoms with van der Waals surface area (Å²) in [6, 6.07) is 10.1. The lowest BCUT2D eigenvalue weighted by atomic mass is 10.0. The quantitative estimate of drug-likeness (QED) is 0.722. The molecular weight excluding hydrogens is 174 g/mol. The second-order valence-electron chi connectivity index (χ2n) is 3.26. The molecule has 0 saturated carbocycles. The normalized spacial score (nSPS) is 11.8. The van der Waals surface area contributed by atoms with Crippen molar-refractivity contribution >= 4 is 5.91 Å². The predicted octanol–water partition coefficient (Wildman–Crippen LogP) is 2.09. The summed E-state index contributed by atoms with van der Waals surface area (Å²) in [5.74, 6) is 0.216. The van der Waals surface area contributed by atoms with Gasteiger partial charge in [0.15, 0.2) is 0 Å². The number of carbonyl (C=O) groups is 1. The first-order chi connectivity index (χ1) is 6.74. The number of hydrogen-bond acceptors (Lipinski definition) is 1. The standard InChI is InChI=1S/C12H15NO/c1-3-12(14)13-9-10(2)11-7-5-4-6-8-11/h3-8,10H,1,9H2,2H3,(H,13,14)/t10-/m0/s1. The maximum atomic E-state index is 10.9. The minimum absolute atomic E-state index is 0.118. The largest absolute Gasteiger partial charge is 0.352 e. The third kappa shape index (κ3) is 3.05. The van der Waals surface area contributed by atoms with E-state index in [1.807, 2.05) is 18.2 Å². The average Bonchev–Trinajstić information content (AvgIpc) is 2.26. The van der Waals surface area contributed by atoms with Crippen LogP contribution >= 0.6 is 0 Å². The number of hydrogen-bond donors (Lipinski definition) is 1. The van der Waals surface area contributed by atoms with Crippen molar-refractivity contribution in [3.63, 3.8) is 0 Å². The summed E-state index contributed by atoms with van der Waals surface area (Å²) in [7, 11) is 0. The summed E-state index contributed by atoms with van der Waals surface area (Å²) in [5.41, 5.74) is 1.23. The molecule has 0 aliphatic rings. The monoisotopic (exact) mass is 189 g/mol. The molecule has 0 radical (unpaired) electrons. The van der Waals surface area contributed by atoms with E-state index in [0.717, 1.165) is 0 Å². The Morgan fingerprint density at radius 1 is 1.50 bits per heavy atom. The van der Waals surface area contributed by atoms with Gasteiger partial charge in [-0.05, 0) is 17.6 Å². The molecule has 74 valence electrons. The molecule has 1 aromatic rings. The van der Waals surface area contributed by atoms with E-state index in [1.165, 1.54) is 11.6 Å². The predicted molar refractivity (Wildman–Crippen MR) is 58.1 cm³/mol. The van der Waals surface area contributed by atoms with Gasteiger partial charge >= 0.3 is 0 Å². The van der Waals surface area contributed by atoms with Crippen molar-refractivity contribution in [2.75, 3.05) is 6.54 Å². The van der Waals surface area contributed by atoms with E-state index in [0.29, 0.717) is 12.5 Å². The lowest BCUT2D eigenvalue weighted by molar-refractivity contribution is -0.116. The van der Waals surface area contributed by atoms with Gasteiger partial charge < -0.3 is 5.32 Å². The number of rotatable bonds is 4. The van der Waals surface area contributed by atoms with Crippen molar-refractivity contribution < 1.29 is 4.79 Å². The summed E-state index contributed by atoms with van der Waals surface area (Å²) >= 11 is 0. The van der Waals surface area contributed by atoms with Gasteiger partial charge in [-0.25, -0.2) is 0 Å². The highest BCUT2D eigenvalue weighted by Crippen LogP contribution is 2.12. The highest BCUT2D eigenvalue weighted by atomic mass is 16.1. The van der Waals surface area contributed by atoms with Crippen LogP contribution in [0, 0.1) is 0 Å². The molecule has 0 bridgehead atoms. The van der Waals surface area contributed by atoms with Gasteiger partial charge in [-0.3, -0.25) is 4.79 Å². The molecule has 0 spiro atoms. The molecule has 0 aliphatic carbocycles. The van der Waals surface area contributed by atoms with Gasteiger partial charge in [0.25, 0.3) is 0 Å². The Balaban J connectivity index is 2.47. The van der Waals surface area contributed by atoms with E-state index in [-0.39, 0.29) is 5.91 Å². The van der Waals surface area contributed by atoms with Gasteiger partial charge in [-0.2, -0.15) is 0 Å². The topological polar surface area (TPSA) is 29.1 Å². The molecule has 14 heavy (non-hydrogen) atoms. The lowest BCUT2D eigenvalue weighted by Crippen LogP contribution is -2.25. The van der Waals surface area contributed by atoms with Gasteiger partial charge in [-0.15, -0.1) is 0 Å². The van der Waals surface area contributed by atoms with Crippen molar-refractivity contribution in [3.05, 3.63) is 48.6 Å². The van der Waals surface area contributed by atoms with E-state index in [2.05, 4.69) is 31.0 Å². The number of carbonyl (C=O) groups excluding carboxylic acids is 1. The number of benzene rings is 1. The third-order valence-corrected chi connectivity index (χ3v) is 2.14. The molecule has 0 heterocycles. The molecule has 0 saturated heterocycles. The van der Waals surface area contributed by atoms with Crippen LogP contribution in [-0.4, -0.2) is 12.5 Å². The smallest absolute Gasteiger partial charge is 0.243 e. The zero-order chi connectivity index (χ0) is 10.4. The maximum Gasteiger partial charge on any atom is 0.243 e. The molecule has 1 rings (SSSR count). The van der Waals surface area contributed by atoms with Crippen LogP contribution in [-0.2, 0) is 4.79 Å². The Hall–Kier alpha value is -1.57. The van der Waals surface area contributed by atoms with E-state index in [1.54, 1.807) is 0 Å². The minimum atomic E-state index is -0.118. The number of amides is 1. The van der Waals surface area contributed by atoms with E-state index in [4.69, 9.17) is 0 Å². The molecule has 1 amide bonds. The lowest BCUT2D eigenvalue weighted by Gasteiger charge is -2.11. The molecular formula is C12H15NO. The fourth-order valence-electron chi connectivity index (χ4n) is 1.23. The first-order valence-electron chi connectivity index (χ1n) is 4.69. The average molecular weight is 189 g/mol.